The molecule has 3 aromatic heterocycles. The van der Waals surface area contributed by atoms with Crippen LogP contribution in [-0.4, -0.2) is 30.2 Å². The Bertz CT molecular complexity index is 941. The number of pyridine rings is 1. The Morgan fingerprint density at radius 2 is 2.19 bits per heavy atom. The summed E-state index contributed by atoms with van der Waals surface area (Å²) in [6.07, 6.45) is 11.0. The van der Waals surface area contributed by atoms with Crippen LogP contribution >= 0.6 is 0 Å². The van der Waals surface area contributed by atoms with Gasteiger partial charge in [0.25, 0.3) is 0 Å². The molecule has 1 amide bonds. The minimum absolute atomic E-state index is 0.0330. The van der Waals surface area contributed by atoms with E-state index in [0.717, 1.165) is 48.5 Å². The molecular weight excluding hydrogens is 328 g/mol. The number of carbonyl (C=O) groups excluding carboxylic acids is 1. The van der Waals surface area contributed by atoms with Gasteiger partial charge in [-0.15, -0.1) is 0 Å². The van der Waals surface area contributed by atoms with Gasteiger partial charge in [-0.05, 0) is 31.4 Å². The lowest BCUT2D eigenvalue weighted by Gasteiger charge is -2.13. The first-order valence-electron chi connectivity index (χ1n) is 8.94. The molecule has 1 atom stereocenters. The Labute approximate surface area is 152 Å². The molecule has 4 rings (SSSR count). The third kappa shape index (κ3) is 3.12. The summed E-state index contributed by atoms with van der Waals surface area (Å²) in [5.74, 6) is 0.831. The second-order valence-corrected chi connectivity index (χ2v) is 6.87. The van der Waals surface area contributed by atoms with Crippen LogP contribution in [0.5, 0.6) is 0 Å². The molecule has 7 heteroatoms. The van der Waals surface area contributed by atoms with Crippen LogP contribution in [0.25, 0.3) is 17.1 Å². The minimum Gasteiger partial charge on any atom is -0.323 e. The van der Waals surface area contributed by atoms with E-state index in [2.05, 4.69) is 21.4 Å². The van der Waals surface area contributed by atoms with Gasteiger partial charge < -0.3 is 9.88 Å². The molecule has 4 heterocycles. The van der Waals surface area contributed by atoms with Crippen LogP contribution in [0.2, 0.25) is 0 Å². The van der Waals surface area contributed by atoms with Gasteiger partial charge in [0.15, 0.2) is 5.82 Å². The number of rotatable bonds is 1. The van der Waals surface area contributed by atoms with Crippen LogP contribution in [-0.2, 0) is 18.3 Å². The van der Waals surface area contributed by atoms with Crippen molar-refractivity contribution in [3.05, 3.63) is 42.7 Å². The molecule has 0 saturated heterocycles. The summed E-state index contributed by atoms with van der Waals surface area (Å²) >= 11 is 0. The molecule has 1 N–H and O–H groups in total. The third-order valence-electron chi connectivity index (χ3n) is 4.86. The van der Waals surface area contributed by atoms with E-state index in [-0.39, 0.29) is 11.8 Å². The van der Waals surface area contributed by atoms with Gasteiger partial charge in [0.05, 0.1) is 24.4 Å². The van der Waals surface area contributed by atoms with Gasteiger partial charge in [0.1, 0.15) is 5.69 Å². The largest absolute Gasteiger partial charge is 0.323 e. The number of hydrogen-bond acceptors (Lipinski definition) is 4. The third-order valence-corrected chi connectivity index (χ3v) is 4.86. The highest BCUT2D eigenvalue weighted by Crippen LogP contribution is 2.29. The number of hydrogen-bond donors (Lipinski definition) is 1. The SMILES string of the molecule is CC1CCCCc2cc(ccn2)-c2nn(-c3cncn3C)cc2NC1=O. The van der Waals surface area contributed by atoms with Gasteiger partial charge in [-0.3, -0.25) is 9.78 Å². The molecular formula is C19H22N6O. The number of carbonyl (C=O) groups is 1. The summed E-state index contributed by atoms with van der Waals surface area (Å²) in [5, 5.41) is 7.80. The summed E-state index contributed by atoms with van der Waals surface area (Å²) in [7, 11) is 1.91. The molecule has 0 aliphatic carbocycles. The van der Waals surface area contributed by atoms with Crippen molar-refractivity contribution in [3.63, 3.8) is 0 Å². The average Bonchev–Trinajstić information content (AvgIpc) is 3.24. The number of nitrogens with one attached hydrogen (secondary N) is 1. The zero-order chi connectivity index (χ0) is 18.1. The summed E-state index contributed by atoms with van der Waals surface area (Å²) in [6, 6.07) is 4.00. The quantitative estimate of drug-likeness (QED) is 0.732. The number of anilines is 1. The summed E-state index contributed by atoms with van der Waals surface area (Å²) in [6.45, 7) is 1.98. The predicted molar refractivity (Wildman–Crippen MR) is 98.9 cm³/mol. The van der Waals surface area contributed by atoms with Gasteiger partial charge >= 0.3 is 0 Å². The van der Waals surface area contributed by atoms with Crippen LogP contribution in [0.1, 0.15) is 31.9 Å². The maximum atomic E-state index is 12.6. The number of aromatic nitrogens is 5. The van der Waals surface area contributed by atoms with E-state index in [4.69, 9.17) is 5.10 Å². The van der Waals surface area contributed by atoms with Crippen molar-refractivity contribution in [2.24, 2.45) is 13.0 Å². The van der Waals surface area contributed by atoms with E-state index < -0.39 is 0 Å². The van der Waals surface area contributed by atoms with Crippen LogP contribution in [0.4, 0.5) is 5.69 Å². The predicted octanol–water partition coefficient (Wildman–Crippen LogP) is 2.97. The molecule has 7 nitrogen and oxygen atoms in total. The van der Waals surface area contributed by atoms with Gasteiger partial charge in [0.2, 0.25) is 5.91 Å². The highest BCUT2D eigenvalue weighted by Gasteiger charge is 2.20. The van der Waals surface area contributed by atoms with E-state index in [1.54, 1.807) is 17.2 Å². The second-order valence-electron chi connectivity index (χ2n) is 6.87. The number of imidazole rings is 1. The molecule has 3 aromatic rings. The highest BCUT2D eigenvalue weighted by atomic mass is 16.1. The molecule has 0 saturated carbocycles. The fourth-order valence-electron chi connectivity index (χ4n) is 3.27. The summed E-state index contributed by atoms with van der Waals surface area (Å²) < 4.78 is 3.64. The van der Waals surface area contributed by atoms with Crippen LogP contribution in [0.15, 0.2) is 37.1 Å². The summed E-state index contributed by atoms with van der Waals surface area (Å²) in [5.41, 5.74) is 3.47. The van der Waals surface area contributed by atoms with E-state index >= 15 is 0 Å². The Kier molecular flexibility index (Phi) is 4.28. The number of aryl methyl sites for hydroxylation is 2. The lowest BCUT2D eigenvalue weighted by atomic mass is 10.00. The zero-order valence-corrected chi connectivity index (χ0v) is 15.0. The lowest BCUT2D eigenvalue weighted by Crippen LogP contribution is -2.20. The van der Waals surface area contributed by atoms with E-state index in [0.29, 0.717) is 5.69 Å². The molecule has 0 fully saturated rings. The molecule has 0 radical (unpaired) electrons. The maximum absolute atomic E-state index is 12.6. The van der Waals surface area contributed by atoms with Crippen LogP contribution < -0.4 is 5.32 Å². The zero-order valence-electron chi connectivity index (χ0n) is 15.0. The van der Waals surface area contributed by atoms with Crippen molar-refractivity contribution in [2.75, 3.05) is 5.32 Å². The number of fused-ring (bicyclic) bond motifs is 4. The second kappa shape index (κ2) is 6.74. The van der Waals surface area contributed by atoms with Crippen molar-refractivity contribution in [1.29, 1.82) is 0 Å². The van der Waals surface area contributed by atoms with E-state index in [9.17, 15) is 4.79 Å². The van der Waals surface area contributed by atoms with Gasteiger partial charge in [-0.1, -0.05) is 13.3 Å². The van der Waals surface area contributed by atoms with Gasteiger partial charge in [-0.25, -0.2) is 9.67 Å². The first-order valence-corrected chi connectivity index (χ1v) is 8.94. The molecule has 0 spiro atoms. The maximum Gasteiger partial charge on any atom is 0.227 e. The Balaban J connectivity index is 1.83. The highest BCUT2D eigenvalue weighted by molar-refractivity contribution is 5.95. The van der Waals surface area contributed by atoms with Crippen molar-refractivity contribution in [3.8, 4) is 17.1 Å². The Morgan fingerprint density at radius 1 is 1.31 bits per heavy atom. The minimum atomic E-state index is -0.0337. The van der Waals surface area contributed by atoms with Crippen molar-refractivity contribution in [2.45, 2.75) is 32.6 Å². The van der Waals surface area contributed by atoms with Crippen LogP contribution in [0, 0.1) is 5.92 Å². The summed E-state index contributed by atoms with van der Waals surface area (Å²) in [4.78, 5) is 21.2. The fraction of sp³-hybridized carbons (Fsp3) is 0.368. The molecule has 26 heavy (non-hydrogen) atoms. The van der Waals surface area contributed by atoms with E-state index in [1.807, 2.05) is 37.0 Å². The Morgan fingerprint density at radius 3 is 3.00 bits per heavy atom. The van der Waals surface area contributed by atoms with Crippen molar-refractivity contribution >= 4 is 11.6 Å². The molecule has 1 aliphatic heterocycles. The molecule has 134 valence electrons. The van der Waals surface area contributed by atoms with Crippen molar-refractivity contribution in [1.82, 2.24) is 24.3 Å². The van der Waals surface area contributed by atoms with E-state index in [1.165, 1.54) is 0 Å². The molecule has 1 aliphatic rings. The van der Waals surface area contributed by atoms with Crippen LogP contribution in [0.3, 0.4) is 0 Å². The van der Waals surface area contributed by atoms with Gasteiger partial charge in [-0.2, -0.15) is 5.10 Å². The smallest absolute Gasteiger partial charge is 0.227 e. The van der Waals surface area contributed by atoms with Gasteiger partial charge in [0, 0.05) is 30.4 Å². The van der Waals surface area contributed by atoms with Crippen molar-refractivity contribution < 1.29 is 4.79 Å². The number of amides is 1. The monoisotopic (exact) mass is 350 g/mol. The lowest BCUT2D eigenvalue weighted by molar-refractivity contribution is -0.119. The first-order chi connectivity index (χ1) is 12.6. The molecule has 1 unspecified atom stereocenters. The average molecular weight is 350 g/mol. The number of nitrogens with zero attached hydrogens (tertiary/aromatic N) is 5. The molecule has 0 aromatic carbocycles. The fourth-order valence-corrected chi connectivity index (χ4v) is 3.27. The topological polar surface area (TPSA) is 77.6 Å². The Hall–Kier alpha value is -2.96. The normalized spacial score (nSPS) is 17.8. The molecule has 2 bridgehead atoms. The first kappa shape index (κ1) is 16.5. The standard InChI is InChI=1S/C19H22N6O/c1-13-5-3-4-6-15-9-14(7-8-21-15)18-16(22-19(13)26)11-25(23-18)17-10-20-12-24(17)2/h7-13H,3-6H2,1-2H3,(H,22,26).